The molecule has 0 radical (unpaired) electrons. The lowest BCUT2D eigenvalue weighted by Gasteiger charge is -2.21. The Morgan fingerprint density at radius 1 is 1.25 bits per heavy atom. The van der Waals surface area contributed by atoms with Crippen LogP contribution in [0.3, 0.4) is 0 Å². The molecule has 8 nitrogen and oxygen atoms in total. The second kappa shape index (κ2) is 6.23. The van der Waals surface area contributed by atoms with Crippen molar-refractivity contribution in [1.82, 2.24) is 18.7 Å². The van der Waals surface area contributed by atoms with E-state index < -0.39 is 10.0 Å². The van der Waals surface area contributed by atoms with Gasteiger partial charge in [0.15, 0.2) is 0 Å². The minimum absolute atomic E-state index is 0.0185. The van der Waals surface area contributed by atoms with Gasteiger partial charge in [0.1, 0.15) is 16.5 Å². The number of nitrogens with zero attached hydrogens (tertiary/aromatic N) is 4. The lowest BCUT2D eigenvalue weighted by atomic mass is 10.3. The highest BCUT2D eigenvalue weighted by Crippen LogP contribution is 2.30. The van der Waals surface area contributed by atoms with Gasteiger partial charge in [0.05, 0.1) is 7.11 Å². The van der Waals surface area contributed by atoms with Crippen LogP contribution in [0, 0.1) is 0 Å². The van der Waals surface area contributed by atoms with Gasteiger partial charge in [0.25, 0.3) is 0 Å². The molecular weight excluding hydrogens is 356 g/mol. The standard InChI is InChI=1S/C14H17ClN4O4S/c1-17-14(20)19-8-7-18(6-5-13(19)16-17)24(21,22)12-9-10(15)3-4-11(12)23-2/h3-4,9H,5-8H2,1-2H3. The van der Waals surface area contributed by atoms with Gasteiger partial charge in [-0.15, -0.1) is 0 Å². The molecule has 3 rings (SSSR count). The number of fused-ring (bicyclic) bond motifs is 1. The van der Waals surface area contributed by atoms with Gasteiger partial charge in [-0.25, -0.2) is 17.9 Å². The predicted octanol–water partition coefficient (Wildman–Crippen LogP) is 0.491. The quantitative estimate of drug-likeness (QED) is 0.782. The van der Waals surface area contributed by atoms with Crippen molar-refractivity contribution >= 4 is 21.6 Å². The third-order valence-electron chi connectivity index (χ3n) is 3.99. The molecule has 10 heteroatoms. The topological polar surface area (TPSA) is 86.4 Å². The summed E-state index contributed by atoms with van der Waals surface area (Å²) in [5, 5.41) is 4.46. The third-order valence-corrected chi connectivity index (χ3v) is 6.14. The van der Waals surface area contributed by atoms with Crippen molar-refractivity contribution in [2.24, 2.45) is 7.05 Å². The Balaban J connectivity index is 1.95. The minimum Gasteiger partial charge on any atom is -0.495 e. The van der Waals surface area contributed by atoms with E-state index in [0.717, 1.165) is 0 Å². The molecule has 2 aromatic rings. The summed E-state index contributed by atoms with van der Waals surface area (Å²) in [6.45, 7) is 0.662. The summed E-state index contributed by atoms with van der Waals surface area (Å²) in [5.74, 6) is 0.815. The average Bonchev–Trinajstić information content (AvgIpc) is 2.72. The second-order valence-electron chi connectivity index (χ2n) is 5.42. The fraction of sp³-hybridized carbons (Fsp3) is 0.429. The Morgan fingerprint density at radius 3 is 2.71 bits per heavy atom. The first-order chi connectivity index (χ1) is 11.3. The van der Waals surface area contributed by atoms with Gasteiger partial charge >= 0.3 is 5.69 Å². The average molecular weight is 373 g/mol. The molecule has 0 spiro atoms. The van der Waals surface area contributed by atoms with E-state index in [-0.39, 0.29) is 36.0 Å². The number of ether oxygens (including phenoxy) is 1. The number of hydrogen-bond acceptors (Lipinski definition) is 5. The van der Waals surface area contributed by atoms with E-state index in [4.69, 9.17) is 16.3 Å². The molecule has 0 aliphatic carbocycles. The van der Waals surface area contributed by atoms with Crippen LogP contribution in [-0.4, -0.2) is 47.3 Å². The Hall–Kier alpha value is -1.84. The molecule has 0 amide bonds. The molecular formula is C14H17ClN4O4S. The van der Waals surface area contributed by atoms with Crippen molar-refractivity contribution in [1.29, 1.82) is 0 Å². The fourth-order valence-corrected chi connectivity index (χ4v) is 4.59. The molecule has 0 saturated carbocycles. The molecule has 1 aromatic heterocycles. The van der Waals surface area contributed by atoms with E-state index in [0.29, 0.717) is 17.3 Å². The van der Waals surface area contributed by atoms with Crippen LogP contribution < -0.4 is 10.4 Å². The molecule has 1 aromatic carbocycles. The van der Waals surface area contributed by atoms with Gasteiger partial charge in [0.2, 0.25) is 10.0 Å². The summed E-state index contributed by atoms with van der Waals surface area (Å²) in [4.78, 5) is 12.0. The first kappa shape index (κ1) is 17.0. The second-order valence-corrected chi connectivity index (χ2v) is 7.77. The molecule has 0 atom stereocenters. The van der Waals surface area contributed by atoms with Crippen molar-refractivity contribution in [3.63, 3.8) is 0 Å². The number of sulfonamides is 1. The lowest BCUT2D eigenvalue weighted by Crippen LogP contribution is -2.35. The van der Waals surface area contributed by atoms with Crippen LogP contribution in [0.15, 0.2) is 27.9 Å². The van der Waals surface area contributed by atoms with Crippen LogP contribution in [0.2, 0.25) is 5.02 Å². The van der Waals surface area contributed by atoms with Gasteiger partial charge in [-0.1, -0.05) is 11.6 Å². The van der Waals surface area contributed by atoms with Crippen LogP contribution in [0.1, 0.15) is 5.82 Å². The lowest BCUT2D eigenvalue weighted by molar-refractivity contribution is 0.388. The Labute approximate surface area is 144 Å². The van der Waals surface area contributed by atoms with E-state index >= 15 is 0 Å². The predicted molar refractivity (Wildman–Crippen MR) is 87.9 cm³/mol. The zero-order valence-electron chi connectivity index (χ0n) is 13.3. The molecule has 1 aliphatic rings. The summed E-state index contributed by atoms with van der Waals surface area (Å²) in [6.07, 6.45) is 0.359. The van der Waals surface area contributed by atoms with Crippen molar-refractivity contribution < 1.29 is 13.2 Å². The molecule has 2 heterocycles. The maximum atomic E-state index is 13.0. The van der Waals surface area contributed by atoms with Gasteiger partial charge in [-0.2, -0.15) is 9.40 Å². The number of aromatic nitrogens is 3. The minimum atomic E-state index is -3.80. The molecule has 1 aliphatic heterocycles. The highest BCUT2D eigenvalue weighted by Gasteiger charge is 2.30. The summed E-state index contributed by atoms with van der Waals surface area (Å²) < 4.78 is 35.2. The van der Waals surface area contributed by atoms with Gasteiger partial charge in [-0.3, -0.25) is 4.57 Å². The Kier molecular flexibility index (Phi) is 4.41. The van der Waals surface area contributed by atoms with E-state index in [1.165, 1.54) is 32.8 Å². The van der Waals surface area contributed by atoms with E-state index in [1.807, 2.05) is 0 Å². The Morgan fingerprint density at radius 2 is 2.00 bits per heavy atom. The third kappa shape index (κ3) is 2.83. The summed E-state index contributed by atoms with van der Waals surface area (Å²) >= 11 is 5.95. The zero-order valence-corrected chi connectivity index (χ0v) is 14.8. The molecule has 130 valence electrons. The van der Waals surface area contributed by atoms with Crippen molar-refractivity contribution in [2.45, 2.75) is 17.9 Å². The molecule has 24 heavy (non-hydrogen) atoms. The van der Waals surface area contributed by atoms with Crippen LogP contribution in [-0.2, 0) is 30.0 Å². The van der Waals surface area contributed by atoms with E-state index in [2.05, 4.69) is 5.10 Å². The van der Waals surface area contributed by atoms with Crippen LogP contribution >= 0.6 is 11.6 Å². The summed E-state index contributed by atoms with van der Waals surface area (Å²) in [6, 6.07) is 4.47. The highest BCUT2D eigenvalue weighted by atomic mass is 35.5. The first-order valence-corrected chi connectivity index (χ1v) is 9.13. The molecule has 0 N–H and O–H groups in total. The van der Waals surface area contributed by atoms with Crippen molar-refractivity contribution in [2.75, 3.05) is 20.2 Å². The SMILES string of the molecule is COc1ccc(Cl)cc1S(=O)(=O)N1CCc2nn(C)c(=O)n2CC1. The monoisotopic (exact) mass is 372 g/mol. The number of benzene rings is 1. The number of aryl methyl sites for hydroxylation is 1. The first-order valence-electron chi connectivity index (χ1n) is 7.31. The summed E-state index contributed by atoms with van der Waals surface area (Å²) in [5.41, 5.74) is -0.246. The largest absolute Gasteiger partial charge is 0.495 e. The normalized spacial score (nSPS) is 15.8. The van der Waals surface area contributed by atoms with Crippen molar-refractivity contribution in [3.05, 3.63) is 39.5 Å². The van der Waals surface area contributed by atoms with Crippen LogP contribution in [0.25, 0.3) is 0 Å². The maximum absolute atomic E-state index is 13.0. The number of rotatable bonds is 3. The molecule has 0 unspecified atom stereocenters. The van der Waals surface area contributed by atoms with E-state index in [1.54, 1.807) is 13.1 Å². The maximum Gasteiger partial charge on any atom is 0.345 e. The molecule has 0 saturated heterocycles. The number of hydrogen-bond donors (Lipinski definition) is 0. The van der Waals surface area contributed by atoms with E-state index in [9.17, 15) is 13.2 Å². The van der Waals surface area contributed by atoms with Crippen molar-refractivity contribution in [3.8, 4) is 5.75 Å². The zero-order chi connectivity index (χ0) is 17.5. The number of halogens is 1. The van der Waals surface area contributed by atoms with Gasteiger partial charge < -0.3 is 4.74 Å². The highest BCUT2D eigenvalue weighted by molar-refractivity contribution is 7.89. The van der Waals surface area contributed by atoms with Gasteiger partial charge in [-0.05, 0) is 18.2 Å². The Bertz CT molecular complexity index is 935. The van der Waals surface area contributed by atoms with Crippen LogP contribution in [0.5, 0.6) is 5.75 Å². The smallest absolute Gasteiger partial charge is 0.345 e. The molecule has 0 fully saturated rings. The fourth-order valence-electron chi connectivity index (χ4n) is 2.74. The van der Waals surface area contributed by atoms with Gasteiger partial charge in [0, 0.05) is 38.1 Å². The summed E-state index contributed by atoms with van der Waals surface area (Å²) in [7, 11) is -0.810. The van der Waals surface area contributed by atoms with Crippen LogP contribution in [0.4, 0.5) is 0 Å². The number of methoxy groups -OCH3 is 1. The molecule has 0 bridgehead atoms.